The van der Waals surface area contributed by atoms with Crippen LogP contribution < -0.4 is 9.80 Å². The predicted molar refractivity (Wildman–Crippen MR) is 187 cm³/mol. The van der Waals surface area contributed by atoms with E-state index in [1.54, 1.807) is 11.3 Å². The third-order valence-electron chi connectivity index (χ3n) is 8.75. The highest BCUT2D eigenvalue weighted by Gasteiger charge is 2.11. The van der Waals surface area contributed by atoms with E-state index >= 15 is 0 Å². The fraction of sp³-hybridized carbons (Fsp3) is 0.944. The van der Waals surface area contributed by atoms with E-state index in [9.17, 15) is 0 Å². The van der Waals surface area contributed by atoms with E-state index in [4.69, 9.17) is 0 Å². The van der Waals surface area contributed by atoms with E-state index in [0.717, 1.165) is 23.4 Å². The molecule has 242 valence electrons. The molecular formula is C36H72N4S. The minimum absolute atomic E-state index is 1.07. The quantitative estimate of drug-likeness (QED) is 0.0779. The number of rotatable bonds is 32. The molecule has 4 nitrogen and oxygen atoms in total. The van der Waals surface area contributed by atoms with E-state index < -0.39 is 0 Å². The molecule has 0 aliphatic rings. The summed E-state index contributed by atoms with van der Waals surface area (Å²) in [6.07, 6.45) is 39.5. The van der Waals surface area contributed by atoms with Crippen LogP contribution in [0.25, 0.3) is 0 Å². The maximum atomic E-state index is 4.49. The Kier molecular flexibility index (Phi) is 27.2. The topological polar surface area (TPSA) is 32.3 Å². The first-order chi connectivity index (χ1) is 20.2. The van der Waals surface area contributed by atoms with Crippen LogP contribution >= 0.6 is 11.3 Å². The van der Waals surface area contributed by atoms with Crippen LogP contribution in [0.5, 0.6) is 0 Å². The van der Waals surface area contributed by atoms with Crippen molar-refractivity contribution in [2.24, 2.45) is 0 Å². The van der Waals surface area contributed by atoms with Crippen molar-refractivity contribution >= 4 is 21.6 Å². The van der Waals surface area contributed by atoms with Gasteiger partial charge in [0.1, 0.15) is 0 Å². The van der Waals surface area contributed by atoms with Crippen molar-refractivity contribution in [3.63, 3.8) is 0 Å². The Morgan fingerprint density at radius 2 is 0.585 bits per heavy atom. The highest BCUT2D eigenvalue weighted by atomic mass is 32.1. The second-order valence-electron chi connectivity index (χ2n) is 12.9. The number of aromatic nitrogens is 2. The van der Waals surface area contributed by atoms with Crippen molar-refractivity contribution in [3.05, 3.63) is 0 Å². The van der Waals surface area contributed by atoms with Crippen LogP contribution in [0.3, 0.4) is 0 Å². The maximum Gasteiger partial charge on any atom is 0.209 e. The molecule has 0 aromatic carbocycles. The van der Waals surface area contributed by atoms with Gasteiger partial charge in [-0.2, -0.15) is 0 Å². The highest BCUT2D eigenvalue weighted by Crippen LogP contribution is 2.26. The molecule has 1 heterocycles. The van der Waals surface area contributed by atoms with Crippen LogP contribution in [0.1, 0.15) is 194 Å². The lowest BCUT2D eigenvalue weighted by atomic mass is 10.0. The molecule has 0 unspecified atom stereocenters. The molecule has 0 fully saturated rings. The molecule has 0 aliphatic carbocycles. The van der Waals surface area contributed by atoms with Crippen molar-refractivity contribution in [1.29, 1.82) is 0 Å². The molecule has 1 rings (SSSR count). The Morgan fingerprint density at radius 1 is 0.366 bits per heavy atom. The summed E-state index contributed by atoms with van der Waals surface area (Å²) in [5, 5.41) is 11.1. The van der Waals surface area contributed by atoms with Crippen LogP contribution in [0.15, 0.2) is 0 Å². The van der Waals surface area contributed by atoms with Crippen molar-refractivity contribution in [2.75, 3.05) is 37.0 Å². The predicted octanol–water partition coefficient (Wildman–Crippen LogP) is 12.4. The molecule has 0 radical (unpaired) electrons. The molecule has 1 aromatic heterocycles. The van der Waals surface area contributed by atoms with Gasteiger partial charge in [-0.15, -0.1) is 10.2 Å². The third-order valence-corrected chi connectivity index (χ3v) is 9.90. The molecule has 0 atom stereocenters. The third kappa shape index (κ3) is 23.3. The molecule has 0 saturated heterocycles. The number of anilines is 2. The van der Waals surface area contributed by atoms with E-state index in [1.165, 1.54) is 180 Å². The fourth-order valence-electron chi connectivity index (χ4n) is 5.79. The first-order valence-corrected chi connectivity index (χ1v) is 19.3. The molecule has 1 aromatic rings. The standard InChI is InChI=1S/C36H72N4S/c1-5-7-9-11-13-15-17-19-21-23-25-27-29-31-33-39(3)35-37-38-36(41-35)40(4)34-32-30-28-26-24-22-20-18-16-14-12-10-8-6-2/h5-34H2,1-4H3. The summed E-state index contributed by atoms with van der Waals surface area (Å²) in [5.41, 5.74) is 0. The van der Waals surface area contributed by atoms with Gasteiger partial charge in [0.15, 0.2) is 0 Å². The summed E-state index contributed by atoms with van der Waals surface area (Å²) in [6.45, 7) is 6.78. The molecule has 0 aliphatic heterocycles. The summed E-state index contributed by atoms with van der Waals surface area (Å²) >= 11 is 1.75. The summed E-state index contributed by atoms with van der Waals surface area (Å²) < 4.78 is 0. The van der Waals surface area contributed by atoms with Crippen LogP contribution in [0.2, 0.25) is 0 Å². The number of unbranched alkanes of at least 4 members (excludes halogenated alkanes) is 26. The molecule has 0 amide bonds. The second kappa shape index (κ2) is 29.2. The average Bonchev–Trinajstić information content (AvgIpc) is 3.48. The SMILES string of the molecule is CCCCCCCCCCCCCCCCN(C)c1nnc(N(C)CCCCCCCCCCCCCCCC)s1. The Hall–Kier alpha value is -0.840. The van der Waals surface area contributed by atoms with E-state index in [-0.39, 0.29) is 0 Å². The number of hydrogen-bond acceptors (Lipinski definition) is 5. The summed E-state index contributed by atoms with van der Waals surface area (Å²) in [6, 6.07) is 0. The Bertz CT molecular complexity index is 597. The first kappa shape index (κ1) is 38.2. The zero-order valence-corrected chi connectivity index (χ0v) is 29.2. The van der Waals surface area contributed by atoms with Crippen LogP contribution in [0.4, 0.5) is 10.3 Å². The van der Waals surface area contributed by atoms with Crippen LogP contribution in [-0.2, 0) is 0 Å². The van der Waals surface area contributed by atoms with Crippen LogP contribution in [0, 0.1) is 0 Å². The van der Waals surface area contributed by atoms with Gasteiger partial charge in [-0.05, 0) is 12.8 Å². The largest absolute Gasteiger partial charge is 0.350 e. The van der Waals surface area contributed by atoms with Gasteiger partial charge in [-0.1, -0.05) is 192 Å². The molecule has 5 heteroatoms. The zero-order valence-electron chi connectivity index (χ0n) is 28.4. The lowest BCUT2D eigenvalue weighted by molar-refractivity contribution is 0.535. The van der Waals surface area contributed by atoms with Gasteiger partial charge in [-0.3, -0.25) is 0 Å². The molecule has 0 N–H and O–H groups in total. The molecular weight excluding hydrogens is 520 g/mol. The summed E-state index contributed by atoms with van der Waals surface area (Å²) in [7, 11) is 4.36. The zero-order chi connectivity index (χ0) is 29.6. The minimum atomic E-state index is 1.07. The molecule has 41 heavy (non-hydrogen) atoms. The molecule has 0 bridgehead atoms. The van der Waals surface area contributed by atoms with Gasteiger partial charge < -0.3 is 9.80 Å². The first-order valence-electron chi connectivity index (χ1n) is 18.4. The van der Waals surface area contributed by atoms with Gasteiger partial charge in [0.25, 0.3) is 0 Å². The second-order valence-corrected chi connectivity index (χ2v) is 13.8. The number of hydrogen-bond donors (Lipinski definition) is 0. The molecule has 0 saturated carbocycles. The Balaban J connectivity index is 1.93. The van der Waals surface area contributed by atoms with Gasteiger partial charge in [-0.25, -0.2) is 0 Å². The normalized spacial score (nSPS) is 11.4. The molecule has 0 spiro atoms. The summed E-state index contributed by atoms with van der Waals surface area (Å²) in [4.78, 5) is 4.62. The van der Waals surface area contributed by atoms with Crippen molar-refractivity contribution < 1.29 is 0 Å². The smallest absolute Gasteiger partial charge is 0.209 e. The van der Waals surface area contributed by atoms with Gasteiger partial charge in [0, 0.05) is 27.2 Å². The van der Waals surface area contributed by atoms with Crippen LogP contribution in [-0.4, -0.2) is 37.4 Å². The average molecular weight is 593 g/mol. The van der Waals surface area contributed by atoms with Crippen molar-refractivity contribution in [1.82, 2.24) is 10.2 Å². The fourth-order valence-corrected chi connectivity index (χ4v) is 6.62. The minimum Gasteiger partial charge on any atom is -0.350 e. The summed E-state index contributed by atoms with van der Waals surface area (Å²) in [5.74, 6) is 0. The maximum absolute atomic E-state index is 4.49. The highest BCUT2D eigenvalue weighted by molar-refractivity contribution is 7.19. The monoisotopic (exact) mass is 593 g/mol. The van der Waals surface area contributed by atoms with E-state index in [2.05, 4.69) is 47.9 Å². The van der Waals surface area contributed by atoms with Gasteiger partial charge in [0.2, 0.25) is 10.3 Å². The number of nitrogens with zero attached hydrogens (tertiary/aromatic N) is 4. The van der Waals surface area contributed by atoms with E-state index in [1.807, 2.05) is 0 Å². The van der Waals surface area contributed by atoms with Crippen molar-refractivity contribution in [3.8, 4) is 0 Å². The van der Waals surface area contributed by atoms with Gasteiger partial charge in [0.05, 0.1) is 0 Å². The lowest BCUT2D eigenvalue weighted by Gasteiger charge is -2.16. The Labute approximate surface area is 261 Å². The Morgan fingerprint density at radius 3 is 0.829 bits per heavy atom. The lowest BCUT2D eigenvalue weighted by Crippen LogP contribution is -2.18. The van der Waals surface area contributed by atoms with Gasteiger partial charge >= 0.3 is 0 Å². The van der Waals surface area contributed by atoms with E-state index in [0.29, 0.717) is 0 Å². The van der Waals surface area contributed by atoms with Crippen molar-refractivity contribution in [2.45, 2.75) is 194 Å².